The average Bonchev–Trinajstić information content (AvgIpc) is 2.99. The minimum Gasteiger partial charge on any atom is -0.459 e. The van der Waals surface area contributed by atoms with E-state index in [1.807, 2.05) is 27.7 Å². The van der Waals surface area contributed by atoms with Crippen molar-refractivity contribution >= 4 is 5.97 Å². The lowest BCUT2D eigenvalue weighted by molar-refractivity contribution is -0.161. The summed E-state index contributed by atoms with van der Waals surface area (Å²) in [6.45, 7) is 9.06. The monoisotopic (exact) mass is 243 g/mol. The molecule has 0 radical (unpaired) electrons. The Labute approximate surface area is 104 Å². The molecule has 1 unspecified atom stereocenters. The Kier molecular flexibility index (Phi) is 4.95. The van der Waals surface area contributed by atoms with Gasteiger partial charge in [-0.15, -0.1) is 0 Å². The van der Waals surface area contributed by atoms with Gasteiger partial charge in [0.1, 0.15) is 11.6 Å². The number of ether oxygens (including phenoxy) is 2. The summed E-state index contributed by atoms with van der Waals surface area (Å²) in [5.74, 6) is -0.138. The van der Waals surface area contributed by atoms with Crippen LogP contribution in [-0.2, 0) is 14.3 Å². The molecule has 4 nitrogen and oxygen atoms in total. The van der Waals surface area contributed by atoms with Crippen molar-refractivity contribution < 1.29 is 14.3 Å². The van der Waals surface area contributed by atoms with Crippen LogP contribution in [0.3, 0.4) is 0 Å². The Morgan fingerprint density at radius 1 is 1.41 bits per heavy atom. The molecule has 0 spiro atoms. The van der Waals surface area contributed by atoms with Crippen LogP contribution in [0.15, 0.2) is 0 Å². The molecule has 1 aliphatic carbocycles. The van der Waals surface area contributed by atoms with Crippen molar-refractivity contribution in [3.8, 4) is 0 Å². The van der Waals surface area contributed by atoms with Crippen LogP contribution in [-0.4, -0.2) is 48.8 Å². The van der Waals surface area contributed by atoms with Gasteiger partial charge in [-0.1, -0.05) is 0 Å². The van der Waals surface area contributed by atoms with Gasteiger partial charge in [0, 0.05) is 19.7 Å². The molecule has 0 aromatic heterocycles. The molecule has 0 aliphatic heterocycles. The van der Waals surface area contributed by atoms with Crippen LogP contribution in [0.5, 0.6) is 0 Å². The van der Waals surface area contributed by atoms with E-state index in [0.717, 1.165) is 6.54 Å². The van der Waals surface area contributed by atoms with Crippen LogP contribution in [0.25, 0.3) is 0 Å². The van der Waals surface area contributed by atoms with E-state index < -0.39 is 5.60 Å². The Hall–Kier alpha value is -0.610. The highest BCUT2D eigenvalue weighted by Gasteiger charge is 2.36. The van der Waals surface area contributed by atoms with E-state index in [-0.39, 0.29) is 12.0 Å². The third kappa shape index (κ3) is 5.04. The first-order valence-corrected chi connectivity index (χ1v) is 6.32. The summed E-state index contributed by atoms with van der Waals surface area (Å²) >= 11 is 0. The van der Waals surface area contributed by atoms with E-state index >= 15 is 0 Å². The van der Waals surface area contributed by atoms with Gasteiger partial charge in [-0.2, -0.15) is 0 Å². The van der Waals surface area contributed by atoms with Crippen molar-refractivity contribution in [2.75, 3.05) is 20.3 Å². The number of carbonyl (C=O) groups excluding carboxylic acids is 1. The normalized spacial score (nSPS) is 18.2. The molecule has 0 aromatic rings. The van der Waals surface area contributed by atoms with Gasteiger partial charge in [0.2, 0.25) is 0 Å². The van der Waals surface area contributed by atoms with Crippen LogP contribution >= 0.6 is 0 Å². The van der Waals surface area contributed by atoms with Crippen LogP contribution in [0.2, 0.25) is 0 Å². The Morgan fingerprint density at radius 2 is 2.00 bits per heavy atom. The van der Waals surface area contributed by atoms with E-state index in [2.05, 4.69) is 4.90 Å². The highest BCUT2D eigenvalue weighted by molar-refractivity contribution is 5.75. The number of hydrogen-bond donors (Lipinski definition) is 0. The minimum atomic E-state index is -0.415. The SMILES string of the molecule is COCCN(C1CC1)C(C)C(=O)OC(C)(C)C. The number of rotatable bonds is 6. The molecule has 0 bridgehead atoms. The molecule has 100 valence electrons. The summed E-state index contributed by atoms with van der Waals surface area (Å²) in [4.78, 5) is 14.2. The second kappa shape index (κ2) is 5.83. The van der Waals surface area contributed by atoms with Crippen molar-refractivity contribution in [3.63, 3.8) is 0 Å². The Morgan fingerprint density at radius 3 is 2.41 bits per heavy atom. The quantitative estimate of drug-likeness (QED) is 0.667. The Balaban J connectivity index is 2.51. The molecule has 0 heterocycles. The minimum absolute atomic E-state index is 0.138. The Bertz CT molecular complexity index is 256. The fraction of sp³-hybridized carbons (Fsp3) is 0.923. The van der Waals surface area contributed by atoms with Gasteiger partial charge in [0.25, 0.3) is 0 Å². The molecule has 17 heavy (non-hydrogen) atoms. The van der Waals surface area contributed by atoms with E-state index in [1.54, 1.807) is 7.11 Å². The van der Waals surface area contributed by atoms with Gasteiger partial charge in [-0.05, 0) is 40.5 Å². The van der Waals surface area contributed by atoms with Crippen LogP contribution in [0.4, 0.5) is 0 Å². The standard InChI is InChI=1S/C13H25NO3/c1-10(12(15)17-13(2,3)4)14(8-9-16-5)11-6-7-11/h10-11H,6-9H2,1-5H3. The maximum Gasteiger partial charge on any atom is 0.323 e. The molecule has 1 rings (SSSR count). The van der Waals surface area contributed by atoms with Crippen molar-refractivity contribution in [1.29, 1.82) is 0 Å². The summed E-state index contributed by atoms with van der Waals surface area (Å²) in [6.07, 6.45) is 2.35. The van der Waals surface area contributed by atoms with E-state index in [9.17, 15) is 4.79 Å². The average molecular weight is 243 g/mol. The molecule has 1 saturated carbocycles. The first kappa shape index (κ1) is 14.5. The van der Waals surface area contributed by atoms with Gasteiger partial charge in [0.05, 0.1) is 6.61 Å². The summed E-state index contributed by atoms with van der Waals surface area (Å²) < 4.78 is 10.5. The van der Waals surface area contributed by atoms with Crippen LogP contribution in [0.1, 0.15) is 40.5 Å². The maximum absolute atomic E-state index is 12.0. The lowest BCUT2D eigenvalue weighted by atomic mass is 10.2. The number of methoxy groups -OCH3 is 1. The van der Waals surface area contributed by atoms with E-state index in [4.69, 9.17) is 9.47 Å². The summed E-state index contributed by atoms with van der Waals surface area (Å²) in [5.41, 5.74) is -0.415. The lowest BCUT2D eigenvalue weighted by Gasteiger charge is -2.30. The molecule has 1 aliphatic rings. The summed E-state index contributed by atoms with van der Waals surface area (Å²) in [6, 6.07) is 0.351. The van der Waals surface area contributed by atoms with Gasteiger partial charge < -0.3 is 9.47 Å². The van der Waals surface area contributed by atoms with Crippen molar-refractivity contribution in [2.24, 2.45) is 0 Å². The number of carbonyl (C=O) groups is 1. The van der Waals surface area contributed by atoms with E-state index in [0.29, 0.717) is 12.6 Å². The molecule has 0 amide bonds. The predicted octanol–water partition coefficient (Wildman–Crippen LogP) is 1.83. The van der Waals surface area contributed by atoms with Gasteiger partial charge in [-0.25, -0.2) is 0 Å². The molecular formula is C13H25NO3. The highest BCUT2D eigenvalue weighted by Crippen LogP contribution is 2.29. The maximum atomic E-state index is 12.0. The topological polar surface area (TPSA) is 38.8 Å². The first-order valence-electron chi connectivity index (χ1n) is 6.32. The fourth-order valence-electron chi connectivity index (χ4n) is 1.82. The van der Waals surface area contributed by atoms with Crippen LogP contribution < -0.4 is 0 Å². The molecule has 0 N–H and O–H groups in total. The van der Waals surface area contributed by atoms with E-state index in [1.165, 1.54) is 12.8 Å². The van der Waals surface area contributed by atoms with Gasteiger partial charge in [-0.3, -0.25) is 9.69 Å². The molecule has 1 atom stereocenters. The predicted molar refractivity (Wildman–Crippen MR) is 66.9 cm³/mol. The summed E-state index contributed by atoms with van der Waals surface area (Å²) in [7, 11) is 1.68. The lowest BCUT2D eigenvalue weighted by Crippen LogP contribution is -2.45. The zero-order valence-electron chi connectivity index (χ0n) is 11.7. The molecular weight excluding hydrogens is 218 g/mol. The third-order valence-corrected chi connectivity index (χ3v) is 2.81. The van der Waals surface area contributed by atoms with Gasteiger partial charge >= 0.3 is 5.97 Å². The van der Waals surface area contributed by atoms with Crippen LogP contribution in [0, 0.1) is 0 Å². The second-order valence-corrected chi connectivity index (χ2v) is 5.67. The largest absolute Gasteiger partial charge is 0.459 e. The van der Waals surface area contributed by atoms with Crippen molar-refractivity contribution in [3.05, 3.63) is 0 Å². The van der Waals surface area contributed by atoms with Crippen molar-refractivity contribution in [2.45, 2.75) is 58.2 Å². The fourth-order valence-corrected chi connectivity index (χ4v) is 1.82. The molecule has 0 saturated heterocycles. The third-order valence-electron chi connectivity index (χ3n) is 2.81. The number of esters is 1. The summed E-state index contributed by atoms with van der Waals surface area (Å²) in [5, 5.41) is 0. The first-order chi connectivity index (χ1) is 7.85. The second-order valence-electron chi connectivity index (χ2n) is 5.67. The zero-order valence-corrected chi connectivity index (χ0v) is 11.7. The zero-order chi connectivity index (χ0) is 13.1. The number of hydrogen-bond acceptors (Lipinski definition) is 4. The highest BCUT2D eigenvalue weighted by atomic mass is 16.6. The molecule has 4 heteroatoms. The van der Waals surface area contributed by atoms with Crippen molar-refractivity contribution in [1.82, 2.24) is 4.90 Å². The molecule has 0 aromatic carbocycles. The molecule has 1 fully saturated rings. The number of nitrogens with zero attached hydrogens (tertiary/aromatic N) is 1. The van der Waals surface area contributed by atoms with Gasteiger partial charge in [0.15, 0.2) is 0 Å². The smallest absolute Gasteiger partial charge is 0.323 e.